The highest BCUT2D eigenvalue weighted by Crippen LogP contribution is 2.38. The summed E-state index contributed by atoms with van der Waals surface area (Å²) in [6.45, 7) is 12.6. The number of nitrogen functional groups attached to an aromatic ring is 1. The number of benzene rings is 1. The zero-order valence-electron chi connectivity index (χ0n) is 14.5. The van der Waals surface area contributed by atoms with Gasteiger partial charge in [0.15, 0.2) is 0 Å². The minimum atomic E-state index is -0.410. The molecule has 1 saturated heterocycles. The van der Waals surface area contributed by atoms with Crippen molar-refractivity contribution in [2.75, 3.05) is 12.3 Å². The standard InChI is InChI=1S/C17H27BN2O2/c1-11-8-15(20)12(2)7-13(11)9-14(10-19)18-21-16(3,4)17(5,6)22-18/h7-9H,10,19-20H2,1-6H3. The van der Waals surface area contributed by atoms with Crippen molar-refractivity contribution >= 4 is 18.9 Å². The quantitative estimate of drug-likeness (QED) is 0.665. The molecule has 1 fully saturated rings. The van der Waals surface area contributed by atoms with Gasteiger partial charge in [-0.05, 0) is 75.8 Å². The van der Waals surface area contributed by atoms with E-state index in [1.807, 2.05) is 47.6 Å². The maximum Gasteiger partial charge on any atom is 0.491 e. The van der Waals surface area contributed by atoms with E-state index in [0.29, 0.717) is 6.54 Å². The molecule has 0 aromatic heterocycles. The van der Waals surface area contributed by atoms with Crippen LogP contribution in [0.1, 0.15) is 44.4 Å². The van der Waals surface area contributed by atoms with Gasteiger partial charge in [-0.2, -0.15) is 0 Å². The first-order chi connectivity index (χ1) is 10.1. The molecule has 1 aliphatic rings. The number of nitrogens with two attached hydrogens (primary N) is 2. The summed E-state index contributed by atoms with van der Waals surface area (Å²) in [7, 11) is -0.410. The van der Waals surface area contributed by atoms with Crippen molar-refractivity contribution in [3.63, 3.8) is 0 Å². The Bertz CT molecular complexity index is 593. The Morgan fingerprint density at radius 3 is 2.14 bits per heavy atom. The number of hydrogen-bond donors (Lipinski definition) is 2. The largest absolute Gasteiger partial charge is 0.491 e. The second kappa shape index (κ2) is 5.72. The van der Waals surface area contributed by atoms with Gasteiger partial charge in [-0.1, -0.05) is 6.08 Å². The Hall–Kier alpha value is -1.30. The molecule has 1 aliphatic heterocycles. The Kier molecular flexibility index (Phi) is 4.44. The number of anilines is 1. The molecule has 0 saturated carbocycles. The smallest absolute Gasteiger partial charge is 0.400 e. The van der Waals surface area contributed by atoms with Crippen LogP contribution in [0.3, 0.4) is 0 Å². The first-order valence-electron chi connectivity index (χ1n) is 7.70. The van der Waals surface area contributed by atoms with Gasteiger partial charge < -0.3 is 20.8 Å². The molecule has 2 rings (SSSR count). The van der Waals surface area contributed by atoms with Crippen LogP contribution in [0.15, 0.2) is 17.6 Å². The predicted octanol–water partition coefficient (Wildman–Crippen LogP) is 2.86. The third-order valence-electron chi connectivity index (χ3n) is 4.79. The highest BCUT2D eigenvalue weighted by Gasteiger charge is 2.52. The third-order valence-corrected chi connectivity index (χ3v) is 4.79. The lowest BCUT2D eigenvalue weighted by molar-refractivity contribution is 0.00578. The van der Waals surface area contributed by atoms with Crippen LogP contribution in [0.25, 0.3) is 6.08 Å². The van der Waals surface area contributed by atoms with Gasteiger partial charge in [0.1, 0.15) is 0 Å². The zero-order chi connectivity index (χ0) is 16.7. The molecule has 120 valence electrons. The van der Waals surface area contributed by atoms with Gasteiger partial charge in [-0.15, -0.1) is 0 Å². The van der Waals surface area contributed by atoms with E-state index < -0.39 is 7.12 Å². The van der Waals surface area contributed by atoms with Crippen LogP contribution in [-0.2, 0) is 9.31 Å². The lowest BCUT2D eigenvalue weighted by Gasteiger charge is -2.32. The summed E-state index contributed by atoms with van der Waals surface area (Å²) in [5, 5.41) is 0. The highest BCUT2D eigenvalue weighted by atomic mass is 16.7. The fourth-order valence-corrected chi connectivity index (χ4v) is 2.43. The van der Waals surface area contributed by atoms with Crippen molar-refractivity contribution < 1.29 is 9.31 Å². The van der Waals surface area contributed by atoms with E-state index in [9.17, 15) is 0 Å². The van der Waals surface area contributed by atoms with Crippen LogP contribution >= 0.6 is 0 Å². The van der Waals surface area contributed by atoms with E-state index in [1.54, 1.807) is 0 Å². The summed E-state index contributed by atoms with van der Waals surface area (Å²) in [6, 6.07) is 4.06. The lowest BCUT2D eigenvalue weighted by atomic mass is 9.76. The Balaban J connectivity index is 2.36. The van der Waals surface area contributed by atoms with Crippen LogP contribution in [0.5, 0.6) is 0 Å². The van der Waals surface area contributed by atoms with Gasteiger partial charge in [-0.25, -0.2) is 0 Å². The maximum absolute atomic E-state index is 6.09. The van der Waals surface area contributed by atoms with Crippen molar-refractivity contribution in [1.29, 1.82) is 0 Å². The molecule has 1 aromatic carbocycles. The Morgan fingerprint density at radius 2 is 1.64 bits per heavy atom. The first-order valence-corrected chi connectivity index (χ1v) is 7.70. The molecule has 5 heteroatoms. The molecule has 1 aromatic rings. The summed E-state index contributed by atoms with van der Waals surface area (Å²) in [5.74, 6) is 0. The van der Waals surface area contributed by atoms with Crippen LogP contribution in [-0.4, -0.2) is 24.9 Å². The fraction of sp³-hybridized carbons (Fsp3) is 0.529. The molecular formula is C17H27BN2O2. The average molecular weight is 302 g/mol. The van der Waals surface area contributed by atoms with Crippen molar-refractivity contribution in [1.82, 2.24) is 0 Å². The van der Waals surface area contributed by atoms with E-state index in [-0.39, 0.29) is 11.2 Å². The summed E-state index contributed by atoms with van der Waals surface area (Å²) in [5.41, 5.74) is 16.2. The summed E-state index contributed by atoms with van der Waals surface area (Å²) < 4.78 is 12.2. The molecule has 4 nitrogen and oxygen atoms in total. The molecule has 0 spiro atoms. The monoisotopic (exact) mass is 302 g/mol. The molecule has 22 heavy (non-hydrogen) atoms. The Labute approximate surface area is 134 Å². The molecular weight excluding hydrogens is 275 g/mol. The molecule has 1 heterocycles. The molecule has 0 unspecified atom stereocenters. The predicted molar refractivity (Wildman–Crippen MR) is 93.4 cm³/mol. The second-order valence-electron chi connectivity index (χ2n) is 7.08. The summed E-state index contributed by atoms with van der Waals surface area (Å²) >= 11 is 0. The van der Waals surface area contributed by atoms with Gasteiger partial charge in [0, 0.05) is 12.2 Å². The molecule has 0 radical (unpaired) electrons. The molecule has 0 atom stereocenters. The first kappa shape index (κ1) is 17.1. The SMILES string of the molecule is Cc1cc(C=C(CN)B2OC(C)(C)C(C)(C)O2)c(C)cc1N. The van der Waals surface area contributed by atoms with Gasteiger partial charge >= 0.3 is 7.12 Å². The zero-order valence-corrected chi connectivity index (χ0v) is 14.5. The van der Waals surface area contributed by atoms with Gasteiger partial charge in [-0.3, -0.25) is 0 Å². The van der Waals surface area contributed by atoms with Crippen LogP contribution in [0.2, 0.25) is 0 Å². The number of rotatable bonds is 3. The van der Waals surface area contributed by atoms with Crippen LogP contribution in [0.4, 0.5) is 5.69 Å². The molecule has 0 amide bonds. The van der Waals surface area contributed by atoms with Gasteiger partial charge in [0.2, 0.25) is 0 Å². The molecule has 0 bridgehead atoms. The van der Waals surface area contributed by atoms with E-state index in [2.05, 4.69) is 12.1 Å². The third kappa shape index (κ3) is 3.07. The van der Waals surface area contributed by atoms with Crippen molar-refractivity contribution in [3.8, 4) is 0 Å². The second-order valence-corrected chi connectivity index (χ2v) is 7.08. The number of aryl methyl sites for hydroxylation is 2. The van der Waals surface area contributed by atoms with E-state index in [0.717, 1.165) is 27.9 Å². The Morgan fingerprint density at radius 1 is 1.09 bits per heavy atom. The summed E-state index contributed by atoms with van der Waals surface area (Å²) in [4.78, 5) is 0. The highest BCUT2D eigenvalue weighted by molar-refractivity contribution is 6.55. The maximum atomic E-state index is 6.09. The topological polar surface area (TPSA) is 70.5 Å². The van der Waals surface area contributed by atoms with E-state index >= 15 is 0 Å². The minimum Gasteiger partial charge on any atom is -0.400 e. The van der Waals surface area contributed by atoms with Crippen LogP contribution < -0.4 is 11.5 Å². The average Bonchev–Trinajstić information content (AvgIpc) is 2.61. The molecule has 0 aliphatic carbocycles. The lowest BCUT2D eigenvalue weighted by Crippen LogP contribution is -2.41. The summed E-state index contributed by atoms with van der Waals surface area (Å²) in [6.07, 6.45) is 2.06. The van der Waals surface area contributed by atoms with Crippen LogP contribution in [0, 0.1) is 13.8 Å². The normalized spacial score (nSPS) is 20.5. The van der Waals surface area contributed by atoms with Crippen molar-refractivity contribution in [2.45, 2.75) is 52.7 Å². The van der Waals surface area contributed by atoms with E-state index in [1.165, 1.54) is 0 Å². The fourth-order valence-electron chi connectivity index (χ4n) is 2.43. The van der Waals surface area contributed by atoms with Crippen molar-refractivity contribution in [2.24, 2.45) is 5.73 Å². The van der Waals surface area contributed by atoms with Gasteiger partial charge in [0.05, 0.1) is 11.2 Å². The van der Waals surface area contributed by atoms with Crippen molar-refractivity contribution in [3.05, 3.63) is 34.3 Å². The molecule has 4 N–H and O–H groups in total. The number of hydrogen-bond acceptors (Lipinski definition) is 4. The van der Waals surface area contributed by atoms with Gasteiger partial charge in [0.25, 0.3) is 0 Å². The minimum absolute atomic E-state index is 0.363. The van der Waals surface area contributed by atoms with E-state index in [4.69, 9.17) is 20.8 Å².